The first-order chi connectivity index (χ1) is 8.31. The Morgan fingerprint density at radius 1 is 1.50 bits per heavy atom. The quantitative estimate of drug-likeness (QED) is 0.850. The maximum absolute atomic E-state index is 12.1. The van der Waals surface area contributed by atoms with Crippen molar-refractivity contribution in [3.05, 3.63) is 22.7 Å². The fourth-order valence-corrected chi connectivity index (χ4v) is 2.27. The van der Waals surface area contributed by atoms with E-state index in [0.29, 0.717) is 10.2 Å². The van der Waals surface area contributed by atoms with Gasteiger partial charge >= 0.3 is 5.51 Å². The van der Waals surface area contributed by atoms with Crippen molar-refractivity contribution in [2.24, 2.45) is 0 Å². The van der Waals surface area contributed by atoms with Crippen molar-refractivity contribution in [3.8, 4) is 6.07 Å². The van der Waals surface area contributed by atoms with Crippen LogP contribution in [0.25, 0.3) is 0 Å². The molecule has 96 valence electrons. The molecular weight excluding hydrogens is 333 g/mol. The summed E-state index contributed by atoms with van der Waals surface area (Å²) >= 11 is 2.81. The van der Waals surface area contributed by atoms with Gasteiger partial charge in [-0.1, -0.05) is 0 Å². The number of nitrogens with zero attached hydrogens (tertiary/aromatic N) is 1. The van der Waals surface area contributed by atoms with Gasteiger partial charge in [-0.05, 0) is 45.9 Å². The van der Waals surface area contributed by atoms with Crippen LogP contribution in [-0.4, -0.2) is 11.4 Å². The molecule has 1 aromatic rings. The number of amides is 1. The Bertz CT molecular complexity index is 499. The van der Waals surface area contributed by atoms with Gasteiger partial charge in [-0.3, -0.25) is 4.79 Å². The van der Waals surface area contributed by atoms with Gasteiger partial charge in [0.2, 0.25) is 5.91 Å². The predicted octanol–water partition coefficient (Wildman–Crippen LogP) is 3.91. The van der Waals surface area contributed by atoms with Crippen molar-refractivity contribution in [2.45, 2.75) is 16.8 Å². The Balaban J connectivity index is 2.80. The average molecular weight is 339 g/mol. The number of nitrogens with one attached hydrogen (secondary N) is 1. The third kappa shape index (κ3) is 4.98. The van der Waals surface area contributed by atoms with Gasteiger partial charge in [0.05, 0.1) is 11.8 Å². The van der Waals surface area contributed by atoms with Crippen LogP contribution in [0.4, 0.5) is 18.9 Å². The smallest absolute Gasteiger partial charge is 0.324 e. The van der Waals surface area contributed by atoms with E-state index in [0.717, 1.165) is 0 Å². The van der Waals surface area contributed by atoms with E-state index in [4.69, 9.17) is 5.26 Å². The van der Waals surface area contributed by atoms with Crippen LogP contribution >= 0.6 is 27.7 Å². The molecule has 0 radical (unpaired) electrons. The molecule has 1 rings (SSSR count). The van der Waals surface area contributed by atoms with E-state index in [-0.39, 0.29) is 23.1 Å². The van der Waals surface area contributed by atoms with Gasteiger partial charge in [-0.25, -0.2) is 0 Å². The Labute approximate surface area is 113 Å². The van der Waals surface area contributed by atoms with Gasteiger partial charge in [-0.15, -0.1) is 0 Å². The summed E-state index contributed by atoms with van der Waals surface area (Å²) < 4.78 is 36.7. The Morgan fingerprint density at radius 3 is 2.67 bits per heavy atom. The lowest BCUT2D eigenvalue weighted by molar-refractivity contribution is -0.115. The number of nitriles is 1. The molecule has 0 bridgehead atoms. The summed E-state index contributed by atoms with van der Waals surface area (Å²) in [5, 5.41) is 10.7. The van der Waals surface area contributed by atoms with Crippen LogP contribution < -0.4 is 5.32 Å². The summed E-state index contributed by atoms with van der Waals surface area (Å²) in [5.41, 5.74) is -4.04. The van der Waals surface area contributed by atoms with E-state index in [2.05, 4.69) is 21.2 Å². The Kier molecular flexibility index (Phi) is 5.04. The fraction of sp³-hybridized carbons (Fsp3) is 0.200. The topological polar surface area (TPSA) is 52.9 Å². The lowest BCUT2D eigenvalue weighted by Crippen LogP contribution is -2.10. The van der Waals surface area contributed by atoms with Crippen LogP contribution in [-0.2, 0) is 4.79 Å². The van der Waals surface area contributed by atoms with Gasteiger partial charge < -0.3 is 5.32 Å². The third-order valence-corrected chi connectivity index (χ3v) is 3.07. The monoisotopic (exact) mass is 338 g/mol. The predicted molar refractivity (Wildman–Crippen MR) is 64.9 cm³/mol. The molecule has 8 heteroatoms. The van der Waals surface area contributed by atoms with Crippen LogP contribution in [0.3, 0.4) is 0 Å². The zero-order valence-electron chi connectivity index (χ0n) is 8.71. The molecular formula is C10H6BrF3N2OS. The van der Waals surface area contributed by atoms with Gasteiger partial charge in [0.15, 0.2) is 0 Å². The van der Waals surface area contributed by atoms with E-state index >= 15 is 0 Å². The molecule has 1 amide bonds. The summed E-state index contributed by atoms with van der Waals surface area (Å²) in [6.07, 6.45) is -0.314. The van der Waals surface area contributed by atoms with Crippen molar-refractivity contribution in [3.63, 3.8) is 0 Å². The SMILES string of the molecule is N#CCC(=O)Nc1ccc(SC(F)(F)F)cc1Br. The molecule has 0 aliphatic rings. The number of carbonyl (C=O) groups excluding carboxylic acids is 1. The Morgan fingerprint density at radius 2 is 2.17 bits per heavy atom. The lowest BCUT2D eigenvalue weighted by Gasteiger charge is -2.09. The maximum Gasteiger partial charge on any atom is 0.446 e. The van der Waals surface area contributed by atoms with E-state index in [9.17, 15) is 18.0 Å². The number of carbonyl (C=O) groups is 1. The number of hydrogen-bond acceptors (Lipinski definition) is 3. The van der Waals surface area contributed by atoms with Crippen molar-refractivity contribution in [1.82, 2.24) is 0 Å². The second kappa shape index (κ2) is 6.11. The molecule has 1 aromatic carbocycles. The highest BCUT2D eigenvalue weighted by Crippen LogP contribution is 2.39. The number of anilines is 1. The van der Waals surface area contributed by atoms with Crippen molar-refractivity contribution >= 4 is 39.3 Å². The minimum absolute atomic E-state index is 0.00709. The minimum Gasteiger partial charge on any atom is -0.324 e. The molecule has 18 heavy (non-hydrogen) atoms. The normalized spacial score (nSPS) is 10.8. The van der Waals surface area contributed by atoms with E-state index in [1.807, 2.05) is 0 Å². The second-order valence-electron chi connectivity index (χ2n) is 3.07. The second-order valence-corrected chi connectivity index (χ2v) is 5.07. The molecule has 0 saturated heterocycles. The first-order valence-electron chi connectivity index (χ1n) is 4.54. The molecule has 3 nitrogen and oxygen atoms in total. The zero-order valence-corrected chi connectivity index (χ0v) is 11.1. The molecule has 1 N–H and O–H groups in total. The number of alkyl halides is 3. The van der Waals surface area contributed by atoms with E-state index in [1.165, 1.54) is 18.2 Å². The molecule has 0 unspecified atom stereocenters. The average Bonchev–Trinajstić information content (AvgIpc) is 2.20. The van der Waals surface area contributed by atoms with Crippen LogP contribution in [0.2, 0.25) is 0 Å². The van der Waals surface area contributed by atoms with Crippen LogP contribution in [0.1, 0.15) is 6.42 Å². The fourth-order valence-electron chi connectivity index (χ4n) is 1.06. The number of hydrogen-bond donors (Lipinski definition) is 1. The first kappa shape index (κ1) is 14.9. The minimum atomic E-state index is -4.36. The third-order valence-electron chi connectivity index (χ3n) is 1.69. The lowest BCUT2D eigenvalue weighted by atomic mass is 10.3. The van der Waals surface area contributed by atoms with Crippen LogP contribution in [0, 0.1) is 11.3 Å². The van der Waals surface area contributed by atoms with Crippen molar-refractivity contribution in [1.29, 1.82) is 5.26 Å². The molecule has 0 aromatic heterocycles. The summed E-state index contributed by atoms with van der Waals surface area (Å²) in [5.74, 6) is -0.519. The van der Waals surface area contributed by atoms with Gasteiger partial charge in [0.25, 0.3) is 0 Å². The van der Waals surface area contributed by atoms with Gasteiger partial charge in [0, 0.05) is 9.37 Å². The van der Waals surface area contributed by atoms with E-state index in [1.54, 1.807) is 6.07 Å². The standard InChI is InChI=1S/C10H6BrF3N2OS/c11-7-5-6(18-10(12,13)14)1-2-8(7)16-9(17)3-4-15/h1-2,5H,3H2,(H,16,17). The summed E-state index contributed by atoms with van der Waals surface area (Å²) in [4.78, 5) is 11.1. The maximum atomic E-state index is 12.1. The van der Waals surface area contributed by atoms with Crippen LogP contribution in [0.5, 0.6) is 0 Å². The Hall–Kier alpha value is -1.20. The molecule has 0 saturated carbocycles. The van der Waals surface area contributed by atoms with Crippen molar-refractivity contribution in [2.75, 3.05) is 5.32 Å². The largest absolute Gasteiger partial charge is 0.446 e. The molecule has 0 fully saturated rings. The molecule has 0 spiro atoms. The number of halogens is 4. The van der Waals surface area contributed by atoms with Gasteiger partial charge in [0.1, 0.15) is 6.42 Å². The summed E-state index contributed by atoms with van der Waals surface area (Å²) in [6, 6.07) is 5.50. The molecule has 0 heterocycles. The van der Waals surface area contributed by atoms with Crippen molar-refractivity contribution < 1.29 is 18.0 Å². The number of benzene rings is 1. The molecule has 0 aliphatic carbocycles. The summed E-state index contributed by atoms with van der Waals surface area (Å²) in [6.45, 7) is 0. The first-order valence-corrected chi connectivity index (χ1v) is 6.15. The molecule has 0 aliphatic heterocycles. The summed E-state index contributed by atoms with van der Waals surface area (Å²) in [7, 11) is 0. The number of thioether (sulfide) groups is 1. The number of rotatable bonds is 3. The molecule has 0 atom stereocenters. The highest BCUT2D eigenvalue weighted by atomic mass is 79.9. The van der Waals surface area contributed by atoms with Gasteiger partial charge in [-0.2, -0.15) is 18.4 Å². The van der Waals surface area contributed by atoms with E-state index < -0.39 is 11.4 Å². The highest BCUT2D eigenvalue weighted by Gasteiger charge is 2.29. The highest BCUT2D eigenvalue weighted by molar-refractivity contribution is 9.10. The van der Waals surface area contributed by atoms with Crippen LogP contribution in [0.15, 0.2) is 27.6 Å². The zero-order chi connectivity index (χ0) is 13.8.